The first-order chi connectivity index (χ1) is 7.90. The molecule has 0 aromatic rings. The topological polar surface area (TPSA) is 15.3 Å². The van der Waals surface area contributed by atoms with E-state index in [1.54, 1.807) is 0 Å². The Kier molecular flexibility index (Phi) is 5.46. The van der Waals surface area contributed by atoms with Gasteiger partial charge in [0.2, 0.25) is 0 Å². The Balaban J connectivity index is 2.27. The summed E-state index contributed by atoms with van der Waals surface area (Å²) in [7, 11) is 0. The fourth-order valence-electron chi connectivity index (χ4n) is 1.73. The average molecular weight is 250 g/mol. The van der Waals surface area contributed by atoms with Crippen molar-refractivity contribution in [3.8, 4) is 0 Å². The lowest BCUT2D eigenvalue weighted by Gasteiger charge is -2.24. The van der Waals surface area contributed by atoms with Gasteiger partial charge in [-0.3, -0.25) is 4.90 Å². The second-order valence-electron chi connectivity index (χ2n) is 4.73. The Morgan fingerprint density at radius 2 is 2.06 bits per heavy atom. The minimum absolute atomic E-state index is 0.326. The molecule has 0 radical (unpaired) electrons. The summed E-state index contributed by atoms with van der Waals surface area (Å²) in [6, 6.07) is 0.564. The molecule has 0 aromatic heterocycles. The van der Waals surface area contributed by atoms with Crippen molar-refractivity contribution in [1.82, 2.24) is 10.2 Å². The second-order valence-corrected chi connectivity index (χ2v) is 4.73. The fraction of sp³-hybridized carbons (Fsp3) is 0.833. The van der Waals surface area contributed by atoms with Crippen molar-refractivity contribution in [1.29, 1.82) is 0 Å². The van der Waals surface area contributed by atoms with E-state index < -0.39 is 12.7 Å². The van der Waals surface area contributed by atoms with Crippen LogP contribution in [0.15, 0.2) is 12.2 Å². The number of alkyl halides is 3. The smallest absolute Gasteiger partial charge is 0.310 e. The maximum Gasteiger partial charge on any atom is 0.401 e. The average Bonchev–Trinajstić information content (AvgIpc) is 2.95. The molecule has 1 rings (SSSR count). The maximum atomic E-state index is 12.3. The van der Waals surface area contributed by atoms with Gasteiger partial charge in [-0.2, -0.15) is 13.2 Å². The summed E-state index contributed by atoms with van der Waals surface area (Å²) in [6.07, 6.45) is -1.05. The van der Waals surface area contributed by atoms with E-state index in [4.69, 9.17) is 0 Å². The van der Waals surface area contributed by atoms with Gasteiger partial charge < -0.3 is 5.32 Å². The first-order valence-electron chi connectivity index (χ1n) is 6.10. The summed E-state index contributed by atoms with van der Waals surface area (Å²) in [5.74, 6) is 0. The van der Waals surface area contributed by atoms with Gasteiger partial charge in [0.1, 0.15) is 0 Å². The molecule has 100 valence electrons. The molecular formula is C12H21F3N2. The summed E-state index contributed by atoms with van der Waals surface area (Å²) in [5, 5.41) is 3.26. The molecular weight excluding hydrogens is 229 g/mol. The second kappa shape index (κ2) is 6.40. The van der Waals surface area contributed by atoms with Crippen molar-refractivity contribution in [3.05, 3.63) is 12.2 Å². The van der Waals surface area contributed by atoms with E-state index >= 15 is 0 Å². The van der Waals surface area contributed by atoms with E-state index in [1.165, 1.54) is 17.7 Å². The molecule has 0 atom stereocenters. The standard InChI is InChI=1S/C12H21F3N2/c1-3-6-17(9-12(13,14)15)8-10(2)7-16-11-4-5-11/h11,16H,2-9H2,1H3. The normalized spacial score (nSPS) is 16.5. The van der Waals surface area contributed by atoms with Crippen molar-refractivity contribution in [2.45, 2.75) is 38.4 Å². The van der Waals surface area contributed by atoms with Crippen LogP contribution in [0.2, 0.25) is 0 Å². The number of hydrogen-bond donors (Lipinski definition) is 1. The largest absolute Gasteiger partial charge is 0.401 e. The summed E-state index contributed by atoms with van der Waals surface area (Å²) >= 11 is 0. The zero-order chi connectivity index (χ0) is 12.9. The van der Waals surface area contributed by atoms with E-state index in [1.807, 2.05) is 6.92 Å². The van der Waals surface area contributed by atoms with Gasteiger partial charge in [-0.05, 0) is 31.4 Å². The van der Waals surface area contributed by atoms with Crippen LogP contribution >= 0.6 is 0 Å². The van der Waals surface area contributed by atoms with Crippen molar-refractivity contribution in [2.24, 2.45) is 0 Å². The molecule has 0 saturated heterocycles. The number of rotatable bonds is 8. The number of hydrogen-bond acceptors (Lipinski definition) is 2. The van der Waals surface area contributed by atoms with Crippen LogP contribution < -0.4 is 5.32 Å². The van der Waals surface area contributed by atoms with Crippen LogP contribution in [-0.2, 0) is 0 Å². The molecule has 1 saturated carbocycles. The minimum Gasteiger partial charge on any atom is -0.310 e. The van der Waals surface area contributed by atoms with Crippen LogP contribution in [0, 0.1) is 0 Å². The molecule has 1 aliphatic rings. The van der Waals surface area contributed by atoms with Gasteiger partial charge in [0.25, 0.3) is 0 Å². The first-order valence-corrected chi connectivity index (χ1v) is 6.10. The summed E-state index contributed by atoms with van der Waals surface area (Å²) in [5.41, 5.74) is 0.828. The third-order valence-corrected chi connectivity index (χ3v) is 2.61. The molecule has 5 heteroatoms. The van der Waals surface area contributed by atoms with Gasteiger partial charge in [0, 0.05) is 19.1 Å². The van der Waals surface area contributed by atoms with Gasteiger partial charge in [-0.1, -0.05) is 13.5 Å². The molecule has 0 aromatic carbocycles. The maximum absolute atomic E-state index is 12.3. The highest BCUT2D eigenvalue weighted by Gasteiger charge is 2.30. The van der Waals surface area contributed by atoms with Gasteiger partial charge in [0.15, 0.2) is 0 Å². The van der Waals surface area contributed by atoms with Crippen LogP contribution in [0.5, 0.6) is 0 Å². The van der Waals surface area contributed by atoms with Gasteiger partial charge >= 0.3 is 6.18 Å². The Hall–Kier alpha value is -0.550. The van der Waals surface area contributed by atoms with Gasteiger partial charge in [-0.25, -0.2) is 0 Å². The molecule has 0 aliphatic heterocycles. The van der Waals surface area contributed by atoms with Crippen molar-refractivity contribution < 1.29 is 13.2 Å². The Bertz CT molecular complexity index is 247. The van der Waals surface area contributed by atoms with Crippen molar-refractivity contribution in [3.63, 3.8) is 0 Å². The van der Waals surface area contributed by atoms with Gasteiger partial charge in [-0.15, -0.1) is 0 Å². The molecule has 2 nitrogen and oxygen atoms in total. The summed E-state index contributed by atoms with van der Waals surface area (Å²) in [4.78, 5) is 1.41. The molecule has 0 amide bonds. The lowest BCUT2D eigenvalue weighted by Crippen LogP contribution is -2.37. The number of halogens is 3. The molecule has 0 unspecified atom stereocenters. The van der Waals surface area contributed by atoms with Crippen molar-refractivity contribution >= 4 is 0 Å². The molecule has 0 bridgehead atoms. The van der Waals surface area contributed by atoms with Crippen molar-refractivity contribution in [2.75, 3.05) is 26.2 Å². The van der Waals surface area contributed by atoms with Crippen LogP contribution in [0.4, 0.5) is 13.2 Å². The first kappa shape index (κ1) is 14.5. The van der Waals surface area contributed by atoms with Crippen LogP contribution in [0.25, 0.3) is 0 Å². The third-order valence-electron chi connectivity index (χ3n) is 2.61. The van der Waals surface area contributed by atoms with E-state index in [2.05, 4.69) is 11.9 Å². The summed E-state index contributed by atoms with van der Waals surface area (Å²) < 4.78 is 36.9. The van der Waals surface area contributed by atoms with Gasteiger partial charge in [0.05, 0.1) is 6.54 Å². The quantitative estimate of drug-likeness (QED) is 0.666. The van der Waals surface area contributed by atoms with E-state index in [0.717, 1.165) is 12.0 Å². The molecule has 1 aliphatic carbocycles. The fourth-order valence-corrected chi connectivity index (χ4v) is 1.73. The lowest BCUT2D eigenvalue weighted by molar-refractivity contribution is -0.145. The molecule has 1 fully saturated rings. The Morgan fingerprint density at radius 1 is 1.41 bits per heavy atom. The number of nitrogens with zero attached hydrogens (tertiary/aromatic N) is 1. The predicted octanol–water partition coefficient (Wildman–Crippen LogP) is 2.57. The van der Waals surface area contributed by atoms with E-state index in [0.29, 0.717) is 25.7 Å². The SMILES string of the molecule is C=C(CNC1CC1)CN(CCC)CC(F)(F)F. The molecule has 17 heavy (non-hydrogen) atoms. The third kappa shape index (κ3) is 7.39. The van der Waals surface area contributed by atoms with E-state index in [-0.39, 0.29) is 0 Å². The highest BCUT2D eigenvalue weighted by molar-refractivity contribution is 5.01. The van der Waals surface area contributed by atoms with Crippen LogP contribution in [0.3, 0.4) is 0 Å². The molecule has 0 heterocycles. The minimum atomic E-state index is -4.13. The van der Waals surface area contributed by atoms with E-state index in [9.17, 15) is 13.2 Å². The predicted molar refractivity (Wildman–Crippen MR) is 63.0 cm³/mol. The zero-order valence-electron chi connectivity index (χ0n) is 10.3. The Morgan fingerprint density at radius 3 is 2.53 bits per heavy atom. The molecule has 0 spiro atoms. The summed E-state index contributed by atoms with van der Waals surface area (Å²) in [6.45, 7) is 6.29. The number of nitrogens with one attached hydrogen (secondary N) is 1. The van der Waals surface area contributed by atoms with Crippen LogP contribution in [-0.4, -0.2) is 43.3 Å². The Labute approximate surface area is 101 Å². The highest BCUT2D eigenvalue weighted by atomic mass is 19.4. The highest BCUT2D eigenvalue weighted by Crippen LogP contribution is 2.19. The lowest BCUT2D eigenvalue weighted by atomic mass is 10.2. The monoisotopic (exact) mass is 250 g/mol. The van der Waals surface area contributed by atoms with Crippen LogP contribution in [0.1, 0.15) is 26.2 Å². The zero-order valence-corrected chi connectivity index (χ0v) is 10.3. The molecule has 1 N–H and O–H groups in total.